The normalized spacial score (nSPS) is 10.4. The Labute approximate surface area is 70.2 Å². The summed E-state index contributed by atoms with van der Waals surface area (Å²) in [4.78, 5) is 3.84. The lowest BCUT2D eigenvalue weighted by molar-refractivity contribution is 0.408. The minimum absolute atomic E-state index is 0.269. The molecule has 0 saturated carbocycles. The summed E-state index contributed by atoms with van der Waals surface area (Å²) in [5, 5.41) is 6.70. The first-order chi connectivity index (χ1) is 5.93. The van der Waals surface area contributed by atoms with Gasteiger partial charge in [-0.15, -0.1) is 0 Å². The monoisotopic (exact) mass is 173 g/mol. The number of hydrogen-bond acceptors (Lipinski definition) is 4. The molecule has 1 aromatic rings. The Balaban J connectivity index is 1.96. The van der Waals surface area contributed by atoms with Gasteiger partial charge in [0.2, 0.25) is 6.39 Å². The molecular formula is C7H12FN3O. The number of alkyl halides is 1. The van der Waals surface area contributed by atoms with Gasteiger partial charge in [0.1, 0.15) is 0 Å². The van der Waals surface area contributed by atoms with Gasteiger partial charge in [-0.3, -0.25) is 4.39 Å². The molecule has 0 aliphatic rings. The maximum absolute atomic E-state index is 11.6. The van der Waals surface area contributed by atoms with E-state index < -0.39 is 0 Å². The summed E-state index contributed by atoms with van der Waals surface area (Å²) in [5.74, 6) is 0.683. The van der Waals surface area contributed by atoms with Gasteiger partial charge in [0.15, 0.2) is 5.82 Å². The van der Waals surface area contributed by atoms with Crippen molar-refractivity contribution in [2.24, 2.45) is 0 Å². The standard InChI is InChI=1S/C7H12FN3O/c8-3-1-4-9-5-2-7-10-6-12-11-7/h6,9H,1-5H2. The summed E-state index contributed by atoms with van der Waals surface area (Å²) in [6.07, 6.45) is 2.59. The zero-order chi connectivity index (χ0) is 8.65. The maximum atomic E-state index is 11.6. The molecule has 1 rings (SSSR count). The molecule has 1 aromatic heterocycles. The zero-order valence-electron chi connectivity index (χ0n) is 6.79. The molecule has 0 radical (unpaired) electrons. The van der Waals surface area contributed by atoms with Crippen molar-refractivity contribution in [3.63, 3.8) is 0 Å². The molecule has 5 heteroatoms. The highest BCUT2D eigenvalue weighted by Gasteiger charge is 1.96. The quantitative estimate of drug-likeness (QED) is 0.639. The van der Waals surface area contributed by atoms with Gasteiger partial charge in [-0.2, -0.15) is 4.98 Å². The third-order valence-corrected chi connectivity index (χ3v) is 1.42. The number of rotatable bonds is 6. The first-order valence-corrected chi connectivity index (χ1v) is 3.95. The number of hydrogen-bond donors (Lipinski definition) is 1. The van der Waals surface area contributed by atoms with E-state index in [0.29, 0.717) is 18.8 Å². The lowest BCUT2D eigenvalue weighted by Crippen LogP contribution is -2.19. The van der Waals surface area contributed by atoms with Crippen LogP contribution >= 0.6 is 0 Å². The second-order valence-corrected chi connectivity index (χ2v) is 2.39. The topological polar surface area (TPSA) is 51.0 Å². The van der Waals surface area contributed by atoms with Crippen LogP contribution in [0.1, 0.15) is 12.2 Å². The third-order valence-electron chi connectivity index (χ3n) is 1.42. The van der Waals surface area contributed by atoms with E-state index in [4.69, 9.17) is 0 Å². The van der Waals surface area contributed by atoms with E-state index in [9.17, 15) is 4.39 Å². The van der Waals surface area contributed by atoms with Crippen molar-refractivity contribution in [1.82, 2.24) is 15.5 Å². The predicted molar refractivity (Wildman–Crippen MR) is 41.5 cm³/mol. The molecule has 0 saturated heterocycles. The molecule has 0 aromatic carbocycles. The molecule has 1 heterocycles. The predicted octanol–water partition coefficient (Wildman–Crippen LogP) is 0.561. The second-order valence-electron chi connectivity index (χ2n) is 2.39. The summed E-state index contributed by atoms with van der Waals surface area (Å²) < 4.78 is 16.2. The summed E-state index contributed by atoms with van der Waals surface area (Å²) in [6, 6.07) is 0. The van der Waals surface area contributed by atoms with Crippen LogP contribution in [-0.4, -0.2) is 29.9 Å². The Morgan fingerprint density at radius 1 is 1.50 bits per heavy atom. The Morgan fingerprint density at radius 3 is 3.08 bits per heavy atom. The van der Waals surface area contributed by atoms with E-state index in [0.717, 1.165) is 13.0 Å². The van der Waals surface area contributed by atoms with Crippen molar-refractivity contribution in [2.75, 3.05) is 19.8 Å². The number of nitrogens with one attached hydrogen (secondary N) is 1. The summed E-state index contributed by atoms with van der Waals surface area (Å²) in [7, 11) is 0. The number of aromatic nitrogens is 2. The van der Waals surface area contributed by atoms with Crippen LogP contribution in [0.2, 0.25) is 0 Å². The van der Waals surface area contributed by atoms with Gasteiger partial charge in [0.05, 0.1) is 6.67 Å². The SMILES string of the molecule is FCCCNCCc1ncon1. The summed E-state index contributed by atoms with van der Waals surface area (Å²) in [5.41, 5.74) is 0. The van der Waals surface area contributed by atoms with Crippen LogP contribution in [0.25, 0.3) is 0 Å². The average Bonchev–Trinajstić information content (AvgIpc) is 2.57. The van der Waals surface area contributed by atoms with Gasteiger partial charge < -0.3 is 9.84 Å². The highest BCUT2D eigenvalue weighted by atomic mass is 19.1. The molecule has 1 N–H and O–H groups in total. The molecule has 0 atom stereocenters. The molecule has 0 amide bonds. The van der Waals surface area contributed by atoms with Crippen molar-refractivity contribution in [1.29, 1.82) is 0 Å². The third kappa shape index (κ3) is 3.43. The second kappa shape index (κ2) is 5.65. The molecule has 0 spiro atoms. The lowest BCUT2D eigenvalue weighted by atomic mass is 10.4. The van der Waals surface area contributed by atoms with Crippen molar-refractivity contribution >= 4 is 0 Å². The molecule has 4 nitrogen and oxygen atoms in total. The molecule has 0 fully saturated rings. The molecule has 0 bridgehead atoms. The van der Waals surface area contributed by atoms with Gasteiger partial charge in [0.25, 0.3) is 0 Å². The van der Waals surface area contributed by atoms with Gasteiger partial charge >= 0.3 is 0 Å². The Bertz CT molecular complexity index is 191. The molecule has 0 aliphatic carbocycles. The van der Waals surface area contributed by atoms with E-state index in [1.54, 1.807) is 0 Å². The van der Waals surface area contributed by atoms with E-state index >= 15 is 0 Å². The Morgan fingerprint density at radius 2 is 2.42 bits per heavy atom. The largest absolute Gasteiger partial charge is 0.343 e. The molecule has 0 aliphatic heterocycles. The molecular weight excluding hydrogens is 161 g/mol. The van der Waals surface area contributed by atoms with Crippen molar-refractivity contribution in [3.05, 3.63) is 12.2 Å². The molecule has 0 unspecified atom stereocenters. The van der Waals surface area contributed by atoms with Crippen molar-refractivity contribution in [2.45, 2.75) is 12.8 Å². The minimum atomic E-state index is -0.269. The van der Waals surface area contributed by atoms with Crippen molar-refractivity contribution < 1.29 is 8.91 Å². The van der Waals surface area contributed by atoms with Crippen LogP contribution in [0.15, 0.2) is 10.9 Å². The first-order valence-electron chi connectivity index (χ1n) is 3.95. The average molecular weight is 173 g/mol. The van der Waals surface area contributed by atoms with Crippen LogP contribution < -0.4 is 5.32 Å². The fourth-order valence-corrected chi connectivity index (χ4v) is 0.820. The maximum Gasteiger partial charge on any atom is 0.213 e. The summed E-state index contributed by atoms with van der Waals surface area (Å²) in [6.45, 7) is 1.20. The van der Waals surface area contributed by atoms with Crippen LogP contribution in [-0.2, 0) is 6.42 Å². The van der Waals surface area contributed by atoms with Crippen LogP contribution in [0.3, 0.4) is 0 Å². The number of nitrogens with zero attached hydrogens (tertiary/aromatic N) is 2. The fraction of sp³-hybridized carbons (Fsp3) is 0.714. The van der Waals surface area contributed by atoms with E-state index in [2.05, 4.69) is 20.0 Å². The Hall–Kier alpha value is -0.970. The molecule has 68 valence electrons. The van der Waals surface area contributed by atoms with Gasteiger partial charge in [-0.1, -0.05) is 5.16 Å². The molecule has 12 heavy (non-hydrogen) atoms. The van der Waals surface area contributed by atoms with E-state index in [1.807, 2.05) is 0 Å². The zero-order valence-corrected chi connectivity index (χ0v) is 6.79. The highest BCUT2D eigenvalue weighted by molar-refractivity contribution is 4.78. The van der Waals surface area contributed by atoms with Crippen molar-refractivity contribution in [3.8, 4) is 0 Å². The van der Waals surface area contributed by atoms with Gasteiger partial charge in [-0.25, -0.2) is 0 Å². The minimum Gasteiger partial charge on any atom is -0.343 e. The Kier molecular flexibility index (Phi) is 4.30. The van der Waals surface area contributed by atoms with Crippen LogP contribution in [0, 0.1) is 0 Å². The highest BCUT2D eigenvalue weighted by Crippen LogP contribution is 1.87. The summed E-state index contributed by atoms with van der Waals surface area (Å²) >= 11 is 0. The van der Waals surface area contributed by atoms with E-state index in [1.165, 1.54) is 6.39 Å². The first kappa shape index (κ1) is 9.12. The smallest absolute Gasteiger partial charge is 0.213 e. The van der Waals surface area contributed by atoms with Crippen LogP contribution in [0.5, 0.6) is 0 Å². The van der Waals surface area contributed by atoms with Gasteiger partial charge in [-0.05, 0) is 13.0 Å². The van der Waals surface area contributed by atoms with Crippen LogP contribution in [0.4, 0.5) is 4.39 Å². The lowest BCUT2D eigenvalue weighted by Gasteiger charge is -1.98. The van der Waals surface area contributed by atoms with E-state index in [-0.39, 0.29) is 6.67 Å². The fourth-order valence-electron chi connectivity index (χ4n) is 0.820. The number of halogens is 1. The van der Waals surface area contributed by atoms with Gasteiger partial charge in [0, 0.05) is 13.0 Å².